The minimum atomic E-state index is -0.145. The van der Waals surface area contributed by atoms with Crippen molar-refractivity contribution in [1.82, 2.24) is 10.6 Å². The van der Waals surface area contributed by atoms with E-state index in [0.29, 0.717) is 16.7 Å². The van der Waals surface area contributed by atoms with Crippen LogP contribution in [0.25, 0.3) is 5.57 Å². The summed E-state index contributed by atoms with van der Waals surface area (Å²) in [5, 5.41) is 5.92. The molecule has 21 heavy (non-hydrogen) atoms. The maximum Gasteiger partial charge on any atom is 0.274 e. The van der Waals surface area contributed by atoms with Crippen molar-refractivity contribution >= 4 is 28.8 Å². The van der Waals surface area contributed by atoms with E-state index in [1.54, 1.807) is 0 Å². The van der Waals surface area contributed by atoms with Gasteiger partial charge in [0.2, 0.25) is 0 Å². The van der Waals surface area contributed by atoms with Crippen LogP contribution in [0.15, 0.2) is 30.0 Å². The van der Waals surface area contributed by atoms with Crippen LogP contribution in [0.2, 0.25) is 0 Å². The number of carbonyl (C=O) groups is 1. The summed E-state index contributed by atoms with van der Waals surface area (Å²) in [5.74, 6) is 0.565. The molecule has 1 aliphatic carbocycles. The topological polar surface area (TPSA) is 41.1 Å². The summed E-state index contributed by atoms with van der Waals surface area (Å²) < 4.78 is 0. The first kappa shape index (κ1) is 14.3. The zero-order chi connectivity index (χ0) is 14.8. The molecule has 1 heterocycles. The number of allylic oxidation sites excluding steroid dienone is 1. The molecule has 2 fully saturated rings. The van der Waals surface area contributed by atoms with Crippen molar-refractivity contribution in [3.63, 3.8) is 0 Å². The standard InChI is InChI=1S/C17H20N2OS/c1-11(15-16(20)19-17(21)18-15)12-7-9-14(10-8-12)13-5-3-2-4-6-13/h7-10,13H,2-6H2,1H3,(H2,18,19,20,21)/b15-11-. The molecule has 0 radical (unpaired) electrons. The van der Waals surface area contributed by atoms with E-state index in [9.17, 15) is 4.79 Å². The summed E-state index contributed by atoms with van der Waals surface area (Å²) >= 11 is 4.97. The summed E-state index contributed by atoms with van der Waals surface area (Å²) in [6, 6.07) is 8.65. The molecular formula is C17H20N2OS. The Kier molecular flexibility index (Phi) is 4.06. The third-order valence-electron chi connectivity index (χ3n) is 4.49. The van der Waals surface area contributed by atoms with E-state index in [-0.39, 0.29) is 5.91 Å². The molecule has 1 saturated carbocycles. The van der Waals surface area contributed by atoms with E-state index in [1.165, 1.54) is 37.7 Å². The summed E-state index contributed by atoms with van der Waals surface area (Å²) in [6.45, 7) is 1.95. The molecular weight excluding hydrogens is 280 g/mol. The van der Waals surface area contributed by atoms with Crippen LogP contribution >= 0.6 is 12.2 Å². The lowest BCUT2D eigenvalue weighted by Crippen LogP contribution is -2.21. The van der Waals surface area contributed by atoms with Crippen LogP contribution in [0.5, 0.6) is 0 Å². The molecule has 0 bridgehead atoms. The zero-order valence-electron chi connectivity index (χ0n) is 12.2. The van der Waals surface area contributed by atoms with Gasteiger partial charge in [-0.25, -0.2) is 0 Å². The lowest BCUT2D eigenvalue weighted by atomic mass is 9.83. The van der Waals surface area contributed by atoms with Gasteiger partial charge in [-0.3, -0.25) is 10.1 Å². The normalized spacial score (nSPS) is 22.0. The molecule has 4 heteroatoms. The molecule has 1 saturated heterocycles. The number of hydrogen-bond donors (Lipinski definition) is 2. The van der Waals surface area contributed by atoms with Gasteiger partial charge in [0, 0.05) is 0 Å². The lowest BCUT2D eigenvalue weighted by Gasteiger charge is -2.22. The van der Waals surface area contributed by atoms with Crippen LogP contribution in [0.4, 0.5) is 0 Å². The zero-order valence-corrected chi connectivity index (χ0v) is 13.1. The molecule has 1 aromatic rings. The van der Waals surface area contributed by atoms with Gasteiger partial charge in [0.05, 0.1) is 0 Å². The predicted molar refractivity (Wildman–Crippen MR) is 88.7 cm³/mol. The summed E-state index contributed by atoms with van der Waals surface area (Å²) in [7, 11) is 0. The van der Waals surface area contributed by atoms with Crippen molar-refractivity contribution in [1.29, 1.82) is 0 Å². The van der Waals surface area contributed by atoms with Crippen molar-refractivity contribution < 1.29 is 4.79 Å². The van der Waals surface area contributed by atoms with E-state index in [2.05, 4.69) is 34.9 Å². The molecule has 0 atom stereocenters. The molecule has 110 valence electrons. The van der Waals surface area contributed by atoms with Gasteiger partial charge in [-0.15, -0.1) is 0 Å². The van der Waals surface area contributed by atoms with Gasteiger partial charge in [-0.2, -0.15) is 0 Å². The van der Waals surface area contributed by atoms with Gasteiger partial charge in [0.25, 0.3) is 5.91 Å². The Labute approximate surface area is 130 Å². The number of nitrogens with one attached hydrogen (secondary N) is 2. The molecule has 0 aromatic heterocycles. The number of rotatable bonds is 2. The Morgan fingerprint density at radius 1 is 1.10 bits per heavy atom. The first-order chi connectivity index (χ1) is 10.1. The van der Waals surface area contributed by atoms with Crippen molar-refractivity contribution in [2.24, 2.45) is 0 Å². The third-order valence-corrected chi connectivity index (χ3v) is 4.69. The van der Waals surface area contributed by atoms with Crippen molar-refractivity contribution in [3.8, 4) is 0 Å². The summed E-state index contributed by atoms with van der Waals surface area (Å²) in [4.78, 5) is 11.8. The summed E-state index contributed by atoms with van der Waals surface area (Å²) in [5.41, 5.74) is 3.99. The number of carbonyl (C=O) groups excluding carboxylic acids is 1. The number of thiocarbonyl (C=S) groups is 1. The fraction of sp³-hybridized carbons (Fsp3) is 0.412. The average Bonchev–Trinajstić information content (AvgIpc) is 2.86. The molecule has 2 N–H and O–H groups in total. The third kappa shape index (κ3) is 3.00. The van der Waals surface area contributed by atoms with E-state index in [4.69, 9.17) is 12.2 Å². The highest BCUT2D eigenvalue weighted by Gasteiger charge is 2.23. The van der Waals surface area contributed by atoms with E-state index >= 15 is 0 Å². The maximum absolute atomic E-state index is 11.8. The SMILES string of the molecule is C/C(=C1/NC(=S)NC1=O)c1ccc(C2CCCCC2)cc1. The Balaban J connectivity index is 1.82. The molecule has 1 amide bonds. The smallest absolute Gasteiger partial charge is 0.274 e. The molecule has 3 rings (SSSR count). The first-order valence-electron chi connectivity index (χ1n) is 7.58. The molecule has 2 aliphatic rings. The lowest BCUT2D eigenvalue weighted by molar-refractivity contribution is -0.115. The maximum atomic E-state index is 11.8. The van der Waals surface area contributed by atoms with Gasteiger partial charge < -0.3 is 5.32 Å². The quantitative estimate of drug-likeness (QED) is 0.649. The Morgan fingerprint density at radius 3 is 2.33 bits per heavy atom. The van der Waals surface area contributed by atoms with Crippen molar-refractivity contribution in [2.75, 3.05) is 0 Å². The summed E-state index contributed by atoms with van der Waals surface area (Å²) in [6.07, 6.45) is 6.67. The second-order valence-electron chi connectivity index (χ2n) is 5.87. The van der Waals surface area contributed by atoms with Gasteiger partial charge in [0.15, 0.2) is 5.11 Å². The van der Waals surface area contributed by atoms with E-state index < -0.39 is 0 Å². The predicted octanol–water partition coefficient (Wildman–Crippen LogP) is 3.47. The Hall–Kier alpha value is -1.68. The highest BCUT2D eigenvalue weighted by molar-refractivity contribution is 7.80. The molecule has 3 nitrogen and oxygen atoms in total. The van der Waals surface area contributed by atoms with Gasteiger partial charge in [-0.1, -0.05) is 43.5 Å². The largest absolute Gasteiger partial charge is 0.328 e. The number of benzene rings is 1. The minimum Gasteiger partial charge on any atom is -0.328 e. The van der Waals surface area contributed by atoms with Crippen molar-refractivity contribution in [3.05, 3.63) is 41.1 Å². The Bertz CT molecular complexity index is 598. The fourth-order valence-electron chi connectivity index (χ4n) is 3.22. The van der Waals surface area contributed by atoms with Gasteiger partial charge in [0.1, 0.15) is 5.70 Å². The molecule has 0 unspecified atom stereocenters. The second-order valence-corrected chi connectivity index (χ2v) is 6.27. The highest BCUT2D eigenvalue weighted by Crippen LogP contribution is 2.33. The average molecular weight is 300 g/mol. The van der Waals surface area contributed by atoms with Gasteiger partial charge >= 0.3 is 0 Å². The van der Waals surface area contributed by atoms with E-state index in [0.717, 1.165) is 11.1 Å². The van der Waals surface area contributed by atoms with Gasteiger partial charge in [-0.05, 0) is 54.6 Å². The van der Waals surface area contributed by atoms with Crippen LogP contribution in [-0.2, 0) is 4.79 Å². The number of hydrogen-bond acceptors (Lipinski definition) is 2. The van der Waals surface area contributed by atoms with Crippen LogP contribution in [0.3, 0.4) is 0 Å². The molecule has 1 aliphatic heterocycles. The number of amides is 1. The second kappa shape index (κ2) is 5.98. The monoisotopic (exact) mass is 300 g/mol. The Morgan fingerprint density at radius 2 is 1.76 bits per heavy atom. The van der Waals surface area contributed by atoms with Crippen LogP contribution in [0, 0.1) is 0 Å². The van der Waals surface area contributed by atoms with Crippen molar-refractivity contribution in [2.45, 2.75) is 44.9 Å². The fourth-order valence-corrected chi connectivity index (χ4v) is 3.41. The molecule has 0 spiro atoms. The van der Waals surface area contributed by atoms with Crippen LogP contribution in [-0.4, -0.2) is 11.0 Å². The van der Waals surface area contributed by atoms with Crippen LogP contribution in [0.1, 0.15) is 56.1 Å². The molecule has 1 aromatic carbocycles. The minimum absolute atomic E-state index is 0.145. The van der Waals surface area contributed by atoms with Crippen LogP contribution < -0.4 is 10.6 Å². The highest BCUT2D eigenvalue weighted by atomic mass is 32.1. The first-order valence-corrected chi connectivity index (χ1v) is 7.99. The van der Waals surface area contributed by atoms with E-state index in [1.807, 2.05) is 6.92 Å².